The van der Waals surface area contributed by atoms with Crippen molar-refractivity contribution in [2.75, 3.05) is 7.05 Å². The smallest absolute Gasteiger partial charge is 0.0409 e. The molecule has 0 aromatic heterocycles. The van der Waals surface area contributed by atoms with Crippen LogP contribution in [0, 0.1) is 0 Å². The second-order valence-corrected chi connectivity index (χ2v) is 6.17. The lowest BCUT2D eigenvalue weighted by molar-refractivity contribution is 0.471. The molecule has 0 fully saturated rings. The predicted molar refractivity (Wildman–Crippen MR) is 85.8 cm³/mol. The molecule has 2 atom stereocenters. The topological polar surface area (TPSA) is 12.0 Å². The summed E-state index contributed by atoms with van der Waals surface area (Å²) in [6.45, 7) is 0. The molecule has 0 aliphatic heterocycles. The maximum Gasteiger partial charge on any atom is 0.0409 e. The minimum absolute atomic E-state index is 0.396. The van der Waals surface area contributed by atoms with Gasteiger partial charge in [-0.15, -0.1) is 0 Å². The minimum atomic E-state index is 0.396. The van der Waals surface area contributed by atoms with Crippen LogP contribution in [-0.2, 0) is 0 Å². The molecule has 3 heteroatoms. The van der Waals surface area contributed by atoms with Crippen LogP contribution in [0.2, 0.25) is 10.0 Å². The quantitative estimate of drug-likeness (QED) is 0.806. The first kappa shape index (κ1) is 13.9. The van der Waals surface area contributed by atoms with Gasteiger partial charge in [-0.05, 0) is 60.8 Å². The molecule has 20 heavy (non-hydrogen) atoms. The second-order valence-electron chi connectivity index (χ2n) is 5.30. The molecule has 1 aliphatic carbocycles. The van der Waals surface area contributed by atoms with Crippen LogP contribution in [0.1, 0.15) is 41.5 Å². The highest BCUT2D eigenvalue weighted by atomic mass is 35.5. The third-order valence-electron chi connectivity index (χ3n) is 4.16. The molecule has 0 heterocycles. The normalized spacial score (nSPS) is 21.6. The van der Waals surface area contributed by atoms with Gasteiger partial charge in [-0.1, -0.05) is 41.4 Å². The van der Waals surface area contributed by atoms with Gasteiger partial charge in [-0.25, -0.2) is 0 Å². The van der Waals surface area contributed by atoms with Gasteiger partial charge in [0, 0.05) is 22.0 Å². The number of rotatable bonds is 2. The van der Waals surface area contributed by atoms with Crippen molar-refractivity contribution in [1.29, 1.82) is 0 Å². The van der Waals surface area contributed by atoms with E-state index < -0.39 is 0 Å². The van der Waals surface area contributed by atoms with E-state index in [1.54, 1.807) is 0 Å². The zero-order valence-electron chi connectivity index (χ0n) is 11.4. The van der Waals surface area contributed by atoms with Crippen molar-refractivity contribution < 1.29 is 0 Å². The van der Waals surface area contributed by atoms with Crippen molar-refractivity contribution in [1.82, 2.24) is 5.32 Å². The maximum atomic E-state index is 6.17. The van der Waals surface area contributed by atoms with Crippen molar-refractivity contribution in [3.05, 3.63) is 69.2 Å². The van der Waals surface area contributed by atoms with Gasteiger partial charge in [-0.2, -0.15) is 0 Å². The summed E-state index contributed by atoms with van der Waals surface area (Å²) in [5, 5.41) is 4.98. The Balaban J connectivity index is 2.05. The third-order valence-corrected chi connectivity index (χ3v) is 4.65. The monoisotopic (exact) mass is 305 g/mol. The van der Waals surface area contributed by atoms with Crippen LogP contribution in [0.25, 0.3) is 0 Å². The van der Waals surface area contributed by atoms with Gasteiger partial charge >= 0.3 is 0 Å². The lowest BCUT2D eigenvalue weighted by atomic mass is 9.77. The van der Waals surface area contributed by atoms with Crippen molar-refractivity contribution in [3.8, 4) is 0 Å². The highest BCUT2D eigenvalue weighted by Gasteiger charge is 2.27. The van der Waals surface area contributed by atoms with E-state index in [9.17, 15) is 0 Å². The third kappa shape index (κ3) is 2.58. The second kappa shape index (κ2) is 5.77. The fourth-order valence-corrected chi connectivity index (χ4v) is 3.46. The summed E-state index contributed by atoms with van der Waals surface area (Å²) >= 11 is 12.2. The molecule has 0 spiro atoms. The van der Waals surface area contributed by atoms with Gasteiger partial charge in [0.2, 0.25) is 0 Å². The van der Waals surface area contributed by atoms with Gasteiger partial charge in [-0.3, -0.25) is 0 Å². The Morgan fingerprint density at radius 1 is 0.900 bits per heavy atom. The van der Waals surface area contributed by atoms with Crippen LogP contribution in [0.5, 0.6) is 0 Å². The molecule has 0 saturated heterocycles. The Labute approximate surface area is 129 Å². The summed E-state index contributed by atoms with van der Waals surface area (Å²) < 4.78 is 0. The van der Waals surface area contributed by atoms with Gasteiger partial charge in [0.15, 0.2) is 0 Å². The van der Waals surface area contributed by atoms with E-state index >= 15 is 0 Å². The first-order chi connectivity index (χ1) is 9.69. The van der Waals surface area contributed by atoms with Gasteiger partial charge in [0.25, 0.3) is 0 Å². The molecule has 0 saturated carbocycles. The number of fused-ring (bicyclic) bond motifs is 1. The Morgan fingerprint density at radius 3 is 2.30 bits per heavy atom. The number of hydrogen-bond donors (Lipinski definition) is 1. The maximum absolute atomic E-state index is 6.17. The molecule has 2 aromatic rings. The highest BCUT2D eigenvalue weighted by molar-refractivity contribution is 6.30. The highest BCUT2D eigenvalue weighted by Crippen LogP contribution is 2.42. The van der Waals surface area contributed by atoms with Crippen LogP contribution in [0.15, 0.2) is 42.5 Å². The Bertz CT molecular complexity index is 607. The molecule has 1 N–H and O–H groups in total. The number of benzene rings is 2. The fourth-order valence-electron chi connectivity index (χ4n) is 3.15. The first-order valence-electron chi connectivity index (χ1n) is 6.91. The van der Waals surface area contributed by atoms with E-state index in [0.717, 1.165) is 22.9 Å². The van der Waals surface area contributed by atoms with E-state index in [1.807, 2.05) is 25.2 Å². The average molecular weight is 306 g/mol. The SMILES string of the molecule is CNC1CCC(c2ccc(Cl)cc2)c2ccc(Cl)cc21. The summed E-state index contributed by atoms with van der Waals surface area (Å²) in [5.41, 5.74) is 4.03. The molecule has 1 nitrogen and oxygen atoms in total. The number of halogens is 2. The van der Waals surface area contributed by atoms with Crippen molar-refractivity contribution in [2.24, 2.45) is 0 Å². The number of hydrogen-bond acceptors (Lipinski definition) is 1. The summed E-state index contributed by atoms with van der Waals surface area (Å²) in [4.78, 5) is 0. The predicted octanol–water partition coefficient (Wildman–Crippen LogP) is 5.18. The van der Waals surface area contributed by atoms with Crippen molar-refractivity contribution in [2.45, 2.75) is 24.8 Å². The fraction of sp³-hybridized carbons (Fsp3) is 0.294. The standard InChI is InChI=1S/C17H17Cl2N/c1-20-17-9-8-14(11-2-4-12(18)5-3-11)15-7-6-13(19)10-16(15)17/h2-7,10,14,17,20H,8-9H2,1H3. The van der Waals surface area contributed by atoms with Gasteiger partial charge in [0.05, 0.1) is 0 Å². The number of nitrogens with one attached hydrogen (secondary N) is 1. The summed E-state index contributed by atoms with van der Waals surface area (Å²) in [6, 6.07) is 14.8. The molecule has 2 unspecified atom stereocenters. The molecule has 0 amide bonds. The van der Waals surface area contributed by atoms with Gasteiger partial charge in [0.1, 0.15) is 0 Å². The zero-order valence-corrected chi connectivity index (χ0v) is 12.9. The Morgan fingerprint density at radius 2 is 1.60 bits per heavy atom. The molecular formula is C17H17Cl2N. The van der Waals surface area contributed by atoms with Crippen molar-refractivity contribution >= 4 is 23.2 Å². The van der Waals surface area contributed by atoms with Gasteiger partial charge < -0.3 is 5.32 Å². The zero-order chi connectivity index (χ0) is 14.1. The molecule has 3 rings (SSSR count). The first-order valence-corrected chi connectivity index (χ1v) is 7.66. The van der Waals surface area contributed by atoms with E-state index in [4.69, 9.17) is 23.2 Å². The molecule has 0 radical (unpaired) electrons. The van der Waals surface area contributed by atoms with Crippen LogP contribution in [-0.4, -0.2) is 7.05 Å². The van der Waals surface area contributed by atoms with Crippen LogP contribution < -0.4 is 5.32 Å². The van der Waals surface area contributed by atoms with Crippen LogP contribution in [0.4, 0.5) is 0 Å². The largest absolute Gasteiger partial charge is 0.313 e. The van der Waals surface area contributed by atoms with Crippen LogP contribution in [0.3, 0.4) is 0 Å². The van der Waals surface area contributed by atoms with Crippen LogP contribution >= 0.6 is 23.2 Å². The summed E-state index contributed by atoms with van der Waals surface area (Å²) in [6.07, 6.45) is 2.26. The lowest BCUT2D eigenvalue weighted by Crippen LogP contribution is -2.24. The Kier molecular flexibility index (Phi) is 4.02. The van der Waals surface area contributed by atoms with E-state index in [0.29, 0.717) is 12.0 Å². The molecular weight excluding hydrogens is 289 g/mol. The van der Waals surface area contributed by atoms with E-state index in [1.165, 1.54) is 16.7 Å². The van der Waals surface area contributed by atoms with E-state index in [-0.39, 0.29) is 0 Å². The molecule has 104 valence electrons. The molecule has 1 aliphatic rings. The van der Waals surface area contributed by atoms with E-state index in [2.05, 4.69) is 29.6 Å². The minimum Gasteiger partial charge on any atom is -0.313 e. The lowest BCUT2D eigenvalue weighted by Gasteiger charge is -2.32. The Hall–Kier alpha value is -1.02. The summed E-state index contributed by atoms with van der Waals surface area (Å²) in [5.74, 6) is 0.434. The average Bonchev–Trinajstić information content (AvgIpc) is 2.47. The van der Waals surface area contributed by atoms with Crippen molar-refractivity contribution in [3.63, 3.8) is 0 Å². The summed E-state index contributed by atoms with van der Waals surface area (Å²) in [7, 11) is 2.01. The molecule has 0 bridgehead atoms. The molecule has 2 aromatic carbocycles.